The molecule has 0 spiro atoms. The van der Waals surface area contributed by atoms with Crippen LogP contribution in [0.5, 0.6) is 11.5 Å². The number of aromatic nitrogens is 4. The van der Waals surface area contributed by atoms with E-state index in [0.29, 0.717) is 31.9 Å². The Labute approximate surface area is 733 Å². The molecule has 670 valence electrons. The van der Waals surface area contributed by atoms with E-state index in [9.17, 15) is 38.4 Å². The molecule has 31 heteroatoms. The highest BCUT2D eigenvalue weighted by atomic mass is 16.6. The molecule has 16 rings (SSSR count). The van der Waals surface area contributed by atoms with Gasteiger partial charge in [0.2, 0.25) is 11.8 Å². The van der Waals surface area contributed by atoms with Gasteiger partial charge in [-0.1, -0.05) is 50.2 Å². The van der Waals surface area contributed by atoms with Gasteiger partial charge in [0.1, 0.15) is 59.6 Å². The number of aliphatic imine (C=N–C) groups is 2. The van der Waals surface area contributed by atoms with Crippen molar-refractivity contribution in [3.8, 4) is 56.3 Å². The number of hydrogen-bond donors (Lipinski definition) is 6. The molecule has 8 aliphatic rings. The molecular formula is C95H117N13O18. The normalized spacial score (nSPS) is 21.3. The van der Waals surface area contributed by atoms with Crippen molar-refractivity contribution in [2.24, 2.45) is 15.9 Å². The first kappa shape index (κ1) is 90.1. The number of aliphatic carboxylic acids is 1. The molecule has 4 fully saturated rings. The number of benzene rings is 6. The fraction of sp³-hybridized carbons (Fsp3) is 0.495. The number of carboxylic acids is 1. The van der Waals surface area contributed by atoms with E-state index >= 15 is 0 Å². The van der Waals surface area contributed by atoms with Gasteiger partial charge in [0.05, 0.1) is 92.9 Å². The third-order valence-corrected chi connectivity index (χ3v) is 25.3. The summed E-state index contributed by atoms with van der Waals surface area (Å²) >= 11 is 0. The summed E-state index contributed by atoms with van der Waals surface area (Å²) in [6.45, 7) is 27.6. The lowest BCUT2D eigenvalue weighted by molar-refractivity contribution is -0.142. The zero-order valence-corrected chi connectivity index (χ0v) is 75.3. The number of ether oxygens (including phenoxy) is 9. The van der Waals surface area contributed by atoms with Gasteiger partial charge in [-0.15, -0.1) is 0 Å². The van der Waals surface area contributed by atoms with Crippen molar-refractivity contribution < 1.29 is 86.1 Å². The minimum Gasteiger partial charge on any atom is -0.488 e. The number of carbonyl (C=O) groups is 8. The molecule has 0 unspecified atom stereocenters. The lowest BCUT2D eigenvalue weighted by atomic mass is 9.91. The summed E-state index contributed by atoms with van der Waals surface area (Å²) in [7, 11) is 6.60. The summed E-state index contributed by atoms with van der Waals surface area (Å²) < 4.78 is 48.6. The fourth-order valence-corrected chi connectivity index (χ4v) is 18.6. The Morgan fingerprint density at radius 2 is 0.833 bits per heavy atom. The van der Waals surface area contributed by atoms with Crippen LogP contribution >= 0.6 is 0 Å². The highest BCUT2D eigenvalue weighted by molar-refractivity contribution is 6.08. The molecule has 4 saturated heterocycles. The Bertz CT molecular complexity index is 5590. The first-order valence-electron chi connectivity index (χ1n) is 43.4. The van der Waals surface area contributed by atoms with Crippen LogP contribution < -0.4 is 25.4 Å². The molecule has 2 aromatic heterocycles. The standard InChI is InChI=1S/C46H55N7O8.C42H49N5O5.C7H13NO5/c1-23(2)40(50-45(56)59-7)43(54)53-25(4)10-16-38(53)42-47-21-36(49-42)28-11-13-30-29(17-28)22-61-39-20-31-27(18-33(30)39)12-14-34-32(31)19-35(48-34)37-15-9-24(3)52(37)44(55)41(26(5)58-6)51-46(57)60-8;1-23-9-15-35(46(23)39(48)51-41(3,4)5)33-19-30-29-20-37-31(18-25(29)12-14-32(30)44-33)28-13-11-26(17-27(28)22-50-37)34-21-43-38(45-34)36-16-10-24(2)47(36)40(49)52-42(6,7)8;1-4(12-2)5(6(9)10)8-7(11)13-3/h11-14,17-18,20-21,23-26,37-38,40-41H,9-10,15-16,19,22H2,1-8H3,(H,47,49)(H,50,56)(H,51,57);11-14,17-18,20-21,23-24,35-36H,9-10,15-16,19,22H2,1-8H3,(H,43,45);4-5H,1-3H3,(H,8,11)(H,9,10)/t24-,25-,26+,37-,38-,40-,41-;23-,24-,35-,36-;4-,5+/m001/s1. The smallest absolute Gasteiger partial charge is 0.411 e. The van der Waals surface area contributed by atoms with E-state index in [1.165, 1.54) is 40.9 Å². The van der Waals surface area contributed by atoms with Gasteiger partial charge in [-0.05, 0) is 255 Å². The maximum absolute atomic E-state index is 14.1. The highest BCUT2D eigenvalue weighted by Gasteiger charge is 2.47. The second-order valence-corrected chi connectivity index (χ2v) is 36.4. The van der Waals surface area contributed by atoms with Gasteiger partial charge < -0.3 is 83.5 Å². The van der Waals surface area contributed by atoms with Crippen molar-refractivity contribution >= 4 is 92.6 Å². The van der Waals surface area contributed by atoms with Crippen molar-refractivity contribution in [3.05, 3.63) is 131 Å². The molecule has 6 aromatic carbocycles. The number of alkyl carbamates (subject to hydrolysis) is 3. The molecule has 0 radical (unpaired) electrons. The van der Waals surface area contributed by atoms with E-state index in [-0.39, 0.29) is 78.3 Å². The average molecular weight is 1730 g/mol. The van der Waals surface area contributed by atoms with Crippen LogP contribution in [0.15, 0.2) is 107 Å². The molecule has 13 atom stereocenters. The summed E-state index contributed by atoms with van der Waals surface area (Å²) in [5.41, 5.74) is 15.2. The molecule has 0 aliphatic carbocycles. The number of rotatable bonds is 17. The van der Waals surface area contributed by atoms with Gasteiger partial charge in [-0.25, -0.2) is 38.7 Å². The summed E-state index contributed by atoms with van der Waals surface area (Å²) in [6.07, 6.45) is 7.81. The molecule has 8 aliphatic heterocycles. The fourth-order valence-electron chi connectivity index (χ4n) is 18.6. The SMILES string of the molecule is COC(=O)N[C@H](C(=O)N1[C@@H](C)CC[C@H]1c1ncc(-c2ccc3c(c2)COc2cc4c5c(ccc4cc2-3)N=C([C@@H]2CC[C@H](C)N2C(=O)[C@@H](NC(=O)OC)[C@@H](C)OC)C5)[nH]1)C(C)C.COC(=O)N[C@H](C(=O)O)[C@@H](C)OC.C[C@H]1CC[C@@H](C2=Nc3ccc4cc5c(cc4c3C2)OCc2cc(-c3cnc([C@@H]4CC[C@H](C)N4C(=O)OC(C)(C)C)[nH]3)ccc2-5)N1C(=O)OC(C)(C)C. The predicted octanol–water partition coefficient (Wildman–Crippen LogP) is 16.5. The maximum atomic E-state index is 14.1. The number of methoxy groups -OCH3 is 5. The third kappa shape index (κ3) is 18.6. The Kier molecular flexibility index (Phi) is 26.3. The van der Waals surface area contributed by atoms with E-state index in [2.05, 4.69) is 129 Å². The number of hydrogen-bond acceptors (Lipinski definition) is 21. The number of imidazole rings is 2. The second-order valence-electron chi connectivity index (χ2n) is 36.4. The summed E-state index contributed by atoms with van der Waals surface area (Å²) in [6, 6.07) is 26.6. The number of H-pyrrole nitrogens is 2. The van der Waals surface area contributed by atoms with Crippen molar-refractivity contribution in [3.63, 3.8) is 0 Å². The third-order valence-electron chi connectivity index (χ3n) is 25.3. The topological polar surface area (TPSA) is 371 Å². The molecule has 7 amide bonds. The minimum absolute atomic E-state index is 0.0156. The maximum Gasteiger partial charge on any atom is 0.411 e. The number of amides is 7. The van der Waals surface area contributed by atoms with Crippen LogP contribution in [0.25, 0.3) is 66.3 Å². The number of carboxylic acid groups (broad SMARTS) is 1. The van der Waals surface area contributed by atoms with Gasteiger partial charge >= 0.3 is 36.4 Å². The Balaban J connectivity index is 0.000000181. The minimum atomic E-state index is -1.17. The van der Waals surface area contributed by atoms with Gasteiger partial charge in [-0.3, -0.25) is 29.4 Å². The number of likely N-dealkylation sites (tertiary alicyclic amines) is 4. The second kappa shape index (κ2) is 36.8. The van der Waals surface area contributed by atoms with Crippen LogP contribution in [0.4, 0.5) is 35.3 Å². The molecule has 0 saturated carbocycles. The van der Waals surface area contributed by atoms with E-state index in [0.717, 1.165) is 182 Å². The number of fused-ring (bicyclic) bond motifs is 12. The van der Waals surface area contributed by atoms with Crippen molar-refractivity contribution in [2.45, 2.75) is 264 Å². The van der Waals surface area contributed by atoms with Crippen molar-refractivity contribution in [1.29, 1.82) is 0 Å². The zero-order valence-electron chi connectivity index (χ0n) is 75.3. The quantitative estimate of drug-likeness (QED) is 0.0461. The largest absolute Gasteiger partial charge is 0.488 e. The van der Waals surface area contributed by atoms with E-state index < -0.39 is 65.8 Å². The Morgan fingerprint density at radius 1 is 0.460 bits per heavy atom. The van der Waals surface area contributed by atoms with Crippen LogP contribution in [0, 0.1) is 5.92 Å². The van der Waals surface area contributed by atoms with Gasteiger partial charge in [0.25, 0.3) is 0 Å². The molecule has 8 aromatic rings. The zero-order chi connectivity index (χ0) is 90.4. The monoisotopic (exact) mass is 1730 g/mol. The highest BCUT2D eigenvalue weighted by Crippen LogP contribution is 2.49. The number of carbonyl (C=O) groups excluding carboxylic acids is 7. The Hall–Kier alpha value is -12.1. The van der Waals surface area contributed by atoms with E-state index in [1.807, 2.05) is 101 Å². The van der Waals surface area contributed by atoms with Crippen molar-refractivity contribution in [2.75, 3.05) is 35.5 Å². The van der Waals surface area contributed by atoms with Gasteiger partial charge in [-0.2, -0.15) is 0 Å². The Morgan fingerprint density at radius 3 is 1.25 bits per heavy atom. The molecule has 6 N–H and O–H groups in total. The molecule has 10 heterocycles. The number of aromatic amines is 2. The predicted molar refractivity (Wildman–Crippen MR) is 475 cm³/mol. The van der Waals surface area contributed by atoms with Gasteiger partial charge in [0, 0.05) is 73.8 Å². The van der Waals surface area contributed by atoms with Gasteiger partial charge in [0.15, 0.2) is 6.04 Å². The van der Waals surface area contributed by atoms with Crippen molar-refractivity contribution in [1.82, 2.24) is 55.5 Å². The lowest BCUT2D eigenvalue weighted by Gasteiger charge is -2.34. The van der Waals surface area contributed by atoms with E-state index in [1.54, 1.807) is 6.92 Å². The van der Waals surface area contributed by atoms with E-state index in [4.69, 9.17) is 63.0 Å². The molecule has 31 nitrogen and oxygen atoms in total. The molecular weight excluding hydrogens is 1610 g/mol. The van der Waals surface area contributed by atoms with Crippen LogP contribution in [0.2, 0.25) is 0 Å². The summed E-state index contributed by atoms with van der Waals surface area (Å²) in [5.74, 6) is 1.48. The summed E-state index contributed by atoms with van der Waals surface area (Å²) in [5, 5.41) is 20.6. The number of nitrogens with zero attached hydrogens (tertiary/aromatic N) is 8. The van der Waals surface area contributed by atoms with Crippen LogP contribution in [0.1, 0.15) is 194 Å². The summed E-state index contributed by atoms with van der Waals surface area (Å²) in [4.78, 5) is 134. The first-order chi connectivity index (χ1) is 60.0. The van der Waals surface area contributed by atoms with Crippen LogP contribution in [0.3, 0.4) is 0 Å². The average Bonchev–Trinajstić information content (AvgIpc) is 1.51. The molecule has 126 heavy (non-hydrogen) atoms. The molecule has 0 bridgehead atoms. The van der Waals surface area contributed by atoms with Crippen LogP contribution in [-0.2, 0) is 73.6 Å². The first-order valence-corrected chi connectivity index (χ1v) is 43.4. The lowest BCUT2D eigenvalue weighted by Crippen LogP contribution is -2.57. The van der Waals surface area contributed by atoms with Crippen LogP contribution in [-0.4, -0.2) is 218 Å². The number of nitrogens with one attached hydrogen (secondary N) is 5.